The van der Waals surface area contributed by atoms with Crippen LogP contribution in [-0.2, 0) is 0 Å². The van der Waals surface area contributed by atoms with Crippen LogP contribution in [0.2, 0.25) is 0 Å². The van der Waals surface area contributed by atoms with E-state index in [2.05, 4.69) is 6.07 Å². The number of nitrogens with zero attached hydrogens (tertiary/aromatic N) is 1. The van der Waals surface area contributed by atoms with E-state index in [0.29, 0.717) is 5.92 Å². The van der Waals surface area contributed by atoms with Gasteiger partial charge in [0.15, 0.2) is 0 Å². The third-order valence-electron chi connectivity index (χ3n) is 3.36. The van der Waals surface area contributed by atoms with Gasteiger partial charge in [-0.2, -0.15) is 5.26 Å². The molecular formula is C11H19NO. The predicted octanol–water partition coefficient (Wildman–Crippen LogP) is 2.48. The minimum atomic E-state index is -0.573. The van der Waals surface area contributed by atoms with Crippen LogP contribution in [0.1, 0.15) is 46.5 Å². The Balaban J connectivity index is 2.54. The van der Waals surface area contributed by atoms with Crippen LogP contribution in [0.5, 0.6) is 0 Å². The van der Waals surface area contributed by atoms with Crippen molar-refractivity contribution in [3.8, 4) is 6.07 Å². The largest absolute Gasteiger partial charge is 0.390 e. The minimum absolute atomic E-state index is 0.137. The second-order valence-electron chi connectivity index (χ2n) is 5.10. The van der Waals surface area contributed by atoms with Gasteiger partial charge in [-0.3, -0.25) is 0 Å². The molecule has 0 radical (unpaired) electrons. The molecule has 0 amide bonds. The Morgan fingerprint density at radius 1 is 1.38 bits per heavy atom. The molecule has 1 rings (SSSR count). The van der Waals surface area contributed by atoms with Gasteiger partial charge in [-0.05, 0) is 52.4 Å². The number of hydrogen-bond donors (Lipinski definition) is 1. The molecule has 0 spiro atoms. The fraction of sp³-hybridized carbons (Fsp3) is 0.909. The first-order valence-electron chi connectivity index (χ1n) is 5.01. The zero-order valence-corrected chi connectivity index (χ0v) is 8.80. The summed E-state index contributed by atoms with van der Waals surface area (Å²) in [6, 6.07) is 2.37. The highest BCUT2D eigenvalue weighted by Gasteiger charge is 2.36. The molecule has 0 unspecified atom stereocenters. The van der Waals surface area contributed by atoms with Crippen molar-refractivity contribution >= 4 is 0 Å². The quantitative estimate of drug-likeness (QED) is 0.675. The summed E-state index contributed by atoms with van der Waals surface area (Å²) in [5.74, 6) is 0.369. The van der Waals surface area contributed by atoms with Crippen LogP contribution in [0.25, 0.3) is 0 Å². The molecule has 0 bridgehead atoms. The number of nitriles is 1. The van der Waals surface area contributed by atoms with Crippen molar-refractivity contribution in [1.29, 1.82) is 5.26 Å². The average Bonchev–Trinajstić information content (AvgIpc) is 2.04. The van der Waals surface area contributed by atoms with E-state index in [1.165, 1.54) is 0 Å². The second-order valence-corrected chi connectivity index (χ2v) is 5.10. The summed E-state index contributed by atoms with van der Waals surface area (Å²) in [6.07, 6.45) is 3.82. The Kier molecular flexibility index (Phi) is 2.68. The van der Waals surface area contributed by atoms with E-state index in [0.717, 1.165) is 25.7 Å². The van der Waals surface area contributed by atoms with E-state index in [9.17, 15) is 5.11 Å². The van der Waals surface area contributed by atoms with Crippen LogP contribution in [0.3, 0.4) is 0 Å². The van der Waals surface area contributed by atoms with Gasteiger partial charge in [0.2, 0.25) is 0 Å². The summed E-state index contributed by atoms with van der Waals surface area (Å²) < 4.78 is 0. The molecule has 0 aromatic rings. The standard InChI is InChI=1S/C11H19NO/c1-10(2,13)9-4-6-11(3,8-12)7-5-9/h9,13H,4-7H2,1-3H3. The third-order valence-corrected chi connectivity index (χ3v) is 3.36. The molecule has 13 heavy (non-hydrogen) atoms. The second kappa shape index (κ2) is 3.31. The maximum Gasteiger partial charge on any atom is 0.0686 e. The van der Waals surface area contributed by atoms with Crippen LogP contribution in [-0.4, -0.2) is 10.7 Å². The molecule has 1 N–H and O–H groups in total. The summed E-state index contributed by atoms with van der Waals surface area (Å²) >= 11 is 0. The first-order valence-corrected chi connectivity index (χ1v) is 5.01. The Morgan fingerprint density at radius 2 is 1.85 bits per heavy atom. The van der Waals surface area contributed by atoms with E-state index in [1.807, 2.05) is 20.8 Å². The molecule has 0 atom stereocenters. The zero-order valence-electron chi connectivity index (χ0n) is 8.80. The van der Waals surface area contributed by atoms with Crippen LogP contribution in [0, 0.1) is 22.7 Å². The monoisotopic (exact) mass is 181 g/mol. The van der Waals surface area contributed by atoms with Gasteiger partial charge in [0.25, 0.3) is 0 Å². The van der Waals surface area contributed by atoms with Gasteiger partial charge < -0.3 is 5.11 Å². The van der Waals surface area contributed by atoms with Crippen molar-refractivity contribution in [2.75, 3.05) is 0 Å². The van der Waals surface area contributed by atoms with E-state index in [1.54, 1.807) is 0 Å². The Morgan fingerprint density at radius 3 is 2.15 bits per heavy atom. The van der Waals surface area contributed by atoms with Crippen molar-refractivity contribution in [1.82, 2.24) is 0 Å². The molecule has 0 aromatic carbocycles. The third kappa shape index (κ3) is 2.45. The minimum Gasteiger partial charge on any atom is -0.390 e. The number of hydrogen-bond acceptors (Lipinski definition) is 2. The Bertz CT molecular complexity index is 213. The van der Waals surface area contributed by atoms with E-state index in [4.69, 9.17) is 5.26 Å². The van der Waals surface area contributed by atoms with Gasteiger partial charge >= 0.3 is 0 Å². The van der Waals surface area contributed by atoms with Crippen molar-refractivity contribution < 1.29 is 5.11 Å². The van der Waals surface area contributed by atoms with Crippen LogP contribution in [0.4, 0.5) is 0 Å². The summed E-state index contributed by atoms with van der Waals surface area (Å²) in [7, 11) is 0. The van der Waals surface area contributed by atoms with E-state index in [-0.39, 0.29) is 5.41 Å². The average molecular weight is 181 g/mol. The predicted molar refractivity (Wildman–Crippen MR) is 52.0 cm³/mol. The SMILES string of the molecule is CC1(C#N)CCC(C(C)(C)O)CC1. The van der Waals surface area contributed by atoms with E-state index >= 15 is 0 Å². The molecule has 1 aliphatic carbocycles. The lowest BCUT2D eigenvalue weighted by Gasteiger charge is -2.37. The molecule has 1 fully saturated rings. The molecule has 2 nitrogen and oxygen atoms in total. The van der Waals surface area contributed by atoms with Gasteiger partial charge in [-0.15, -0.1) is 0 Å². The first-order chi connectivity index (χ1) is 5.87. The van der Waals surface area contributed by atoms with Gasteiger partial charge in [-0.25, -0.2) is 0 Å². The molecule has 0 aliphatic heterocycles. The van der Waals surface area contributed by atoms with Gasteiger partial charge in [0.1, 0.15) is 0 Å². The van der Waals surface area contributed by atoms with Crippen LogP contribution >= 0.6 is 0 Å². The van der Waals surface area contributed by atoms with Crippen molar-refractivity contribution in [3.05, 3.63) is 0 Å². The fourth-order valence-electron chi connectivity index (χ4n) is 2.07. The highest BCUT2D eigenvalue weighted by molar-refractivity contribution is 5.00. The normalized spacial score (nSPS) is 35.5. The Labute approximate surface area is 80.6 Å². The molecular weight excluding hydrogens is 162 g/mol. The summed E-state index contributed by atoms with van der Waals surface area (Å²) in [5.41, 5.74) is -0.710. The number of aliphatic hydroxyl groups is 1. The highest BCUT2D eigenvalue weighted by Crippen LogP contribution is 2.41. The van der Waals surface area contributed by atoms with Crippen LogP contribution < -0.4 is 0 Å². The lowest BCUT2D eigenvalue weighted by atomic mass is 9.68. The summed E-state index contributed by atoms with van der Waals surface area (Å²) in [4.78, 5) is 0. The highest BCUT2D eigenvalue weighted by atomic mass is 16.3. The maximum atomic E-state index is 9.80. The first kappa shape index (κ1) is 10.5. The topological polar surface area (TPSA) is 44.0 Å². The Hall–Kier alpha value is -0.550. The van der Waals surface area contributed by atoms with Gasteiger partial charge in [-0.1, -0.05) is 0 Å². The lowest BCUT2D eigenvalue weighted by molar-refractivity contribution is -0.0106. The molecule has 0 aromatic heterocycles. The molecule has 1 aliphatic rings. The molecule has 1 saturated carbocycles. The van der Waals surface area contributed by atoms with Gasteiger partial charge in [0.05, 0.1) is 17.1 Å². The summed E-state index contributed by atoms with van der Waals surface area (Å²) in [6.45, 7) is 5.76. The summed E-state index contributed by atoms with van der Waals surface area (Å²) in [5, 5.41) is 18.7. The van der Waals surface area contributed by atoms with Gasteiger partial charge in [0, 0.05) is 0 Å². The zero-order chi connectivity index (χ0) is 10.1. The van der Waals surface area contributed by atoms with Crippen molar-refractivity contribution in [2.45, 2.75) is 52.1 Å². The molecule has 74 valence electrons. The maximum absolute atomic E-state index is 9.80. The molecule has 0 saturated heterocycles. The smallest absolute Gasteiger partial charge is 0.0686 e. The van der Waals surface area contributed by atoms with Crippen LogP contribution in [0.15, 0.2) is 0 Å². The molecule has 2 heteroatoms. The van der Waals surface area contributed by atoms with E-state index < -0.39 is 5.60 Å². The van der Waals surface area contributed by atoms with Crippen molar-refractivity contribution in [2.24, 2.45) is 11.3 Å². The van der Waals surface area contributed by atoms with Crippen molar-refractivity contribution in [3.63, 3.8) is 0 Å². The number of rotatable bonds is 1. The lowest BCUT2D eigenvalue weighted by Crippen LogP contribution is -2.36. The molecule has 0 heterocycles. The fourth-order valence-corrected chi connectivity index (χ4v) is 2.07.